The standard InChI is InChI=1S/C20H26N4O2S/c1-2-3-4-5-9-16-20(22-27(25,26)17-12-7-6-8-13-17)24-19-15-11-10-14-18(19)21-23-24/h6-8,10-15,20,22H,2-5,9,16H2,1H3. The summed E-state index contributed by atoms with van der Waals surface area (Å²) in [7, 11) is -3.64. The maximum atomic E-state index is 12.8. The summed E-state index contributed by atoms with van der Waals surface area (Å²) in [6.45, 7) is 2.18. The van der Waals surface area contributed by atoms with Gasteiger partial charge in [-0.1, -0.05) is 68.2 Å². The van der Waals surface area contributed by atoms with Crippen molar-refractivity contribution < 1.29 is 8.42 Å². The van der Waals surface area contributed by atoms with Crippen LogP contribution in [0.2, 0.25) is 0 Å². The van der Waals surface area contributed by atoms with Gasteiger partial charge in [0, 0.05) is 0 Å². The third-order valence-corrected chi connectivity index (χ3v) is 6.07. The van der Waals surface area contributed by atoms with E-state index in [-0.39, 0.29) is 4.90 Å². The first-order chi connectivity index (χ1) is 13.1. The van der Waals surface area contributed by atoms with E-state index in [0.717, 1.165) is 30.3 Å². The summed E-state index contributed by atoms with van der Waals surface area (Å²) in [5, 5.41) is 8.41. The molecular formula is C20H26N4O2S. The molecule has 0 amide bonds. The molecule has 0 aliphatic carbocycles. The van der Waals surface area contributed by atoms with E-state index in [1.807, 2.05) is 24.3 Å². The highest BCUT2D eigenvalue weighted by atomic mass is 32.2. The maximum Gasteiger partial charge on any atom is 0.242 e. The van der Waals surface area contributed by atoms with Gasteiger partial charge in [0.15, 0.2) is 0 Å². The van der Waals surface area contributed by atoms with Crippen molar-refractivity contribution in [1.29, 1.82) is 0 Å². The van der Waals surface area contributed by atoms with E-state index < -0.39 is 16.2 Å². The SMILES string of the molecule is CCCCCCCC(NS(=O)(=O)c1ccccc1)n1nnc2ccccc21. The molecule has 1 unspecified atom stereocenters. The fourth-order valence-corrected chi connectivity index (χ4v) is 4.36. The Morgan fingerprint density at radius 2 is 1.67 bits per heavy atom. The van der Waals surface area contributed by atoms with Crippen molar-refractivity contribution >= 4 is 21.1 Å². The molecule has 0 saturated heterocycles. The Labute approximate surface area is 160 Å². The summed E-state index contributed by atoms with van der Waals surface area (Å²) in [4.78, 5) is 0.255. The Balaban J connectivity index is 1.83. The molecule has 0 aliphatic heterocycles. The van der Waals surface area contributed by atoms with E-state index >= 15 is 0 Å². The molecule has 1 aromatic heterocycles. The van der Waals surface area contributed by atoms with Gasteiger partial charge in [0.25, 0.3) is 0 Å². The van der Waals surface area contributed by atoms with Crippen molar-refractivity contribution in [3.05, 3.63) is 54.6 Å². The Morgan fingerprint density at radius 1 is 0.963 bits per heavy atom. The van der Waals surface area contributed by atoms with E-state index in [0.29, 0.717) is 6.42 Å². The zero-order valence-electron chi connectivity index (χ0n) is 15.6. The van der Waals surface area contributed by atoms with Crippen LogP contribution in [0.15, 0.2) is 59.5 Å². The summed E-state index contributed by atoms with van der Waals surface area (Å²) in [6.07, 6.45) is 5.74. The number of rotatable bonds is 10. The van der Waals surface area contributed by atoms with Crippen LogP contribution in [0, 0.1) is 0 Å². The lowest BCUT2D eigenvalue weighted by molar-refractivity contribution is 0.383. The molecular weight excluding hydrogens is 360 g/mol. The van der Waals surface area contributed by atoms with Crippen LogP contribution in [0.5, 0.6) is 0 Å². The van der Waals surface area contributed by atoms with Crippen LogP contribution in [0.4, 0.5) is 0 Å². The lowest BCUT2D eigenvalue weighted by atomic mass is 10.1. The summed E-state index contributed by atoms with van der Waals surface area (Å²) in [5.74, 6) is 0. The van der Waals surface area contributed by atoms with E-state index in [2.05, 4.69) is 22.0 Å². The number of hydrogen-bond donors (Lipinski definition) is 1. The average molecular weight is 387 g/mol. The number of nitrogens with one attached hydrogen (secondary N) is 1. The predicted molar refractivity (Wildman–Crippen MR) is 107 cm³/mol. The number of aromatic nitrogens is 3. The molecule has 0 radical (unpaired) electrons. The summed E-state index contributed by atoms with van der Waals surface area (Å²) >= 11 is 0. The van der Waals surface area contributed by atoms with E-state index in [1.54, 1.807) is 35.0 Å². The Bertz CT molecular complexity index is 954. The van der Waals surface area contributed by atoms with Gasteiger partial charge in [-0.15, -0.1) is 5.10 Å². The highest BCUT2D eigenvalue weighted by Crippen LogP contribution is 2.21. The Morgan fingerprint density at radius 3 is 2.44 bits per heavy atom. The van der Waals surface area contributed by atoms with Crippen LogP contribution >= 0.6 is 0 Å². The van der Waals surface area contributed by atoms with Crippen molar-refractivity contribution in [2.75, 3.05) is 0 Å². The van der Waals surface area contributed by atoms with Gasteiger partial charge in [0.2, 0.25) is 10.0 Å². The van der Waals surface area contributed by atoms with Crippen molar-refractivity contribution in [2.24, 2.45) is 0 Å². The minimum atomic E-state index is -3.64. The average Bonchev–Trinajstić information content (AvgIpc) is 3.12. The van der Waals surface area contributed by atoms with Crippen LogP contribution in [-0.2, 0) is 10.0 Å². The fourth-order valence-electron chi connectivity index (χ4n) is 3.14. The Kier molecular flexibility index (Phi) is 6.58. The molecule has 3 aromatic rings. The smallest absolute Gasteiger partial charge is 0.226 e. The molecule has 1 heterocycles. The minimum absolute atomic E-state index is 0.255. The quantitative estimate of drug-likeness (QED) is 0.528. The first-order valence-electron chi connectivity index (χ1n) is 9.49. The van der Waals surface area contributed by atoms with Gasteiger partial charge in [0.05, 0.1) is 10.4 Å². The largest absolute Gasteiger partial charge is 0.242 e. The maximum absolute atomic E-state index is 12.8. The van der Waals surface area contributed by atoms with Gasteiger partial charge >= 0.3 is 0 Å². The van der Waals surface area contributed by atoms with Crippen LogP contribution in [0.25, 0.3) is 11.0 Å². The minimum Gasteiger partial charge on any atom is -0.226 e. The number of nitrogens with zero attached hydrogens (tertiary/aromatic N) is 3. The van der Waals surface area contributed by atoms with E-state index in [1.165, 1.54) is 12.8 Å². The van der Waals surface area contributed by atoms with Crippen LogP contribution in [0.3, 0.4) is 0 Å². The predicted octanol–water partition coefficient (Wildman–Crippen LogP) is 4.27. The molecule has 6 nitrogen and oxygen atoms in total. The summed E-state index contributed by atoms with van der Waals surface area (Å²) < 4.78 is 30.2. The topological polar surface area (TPSA) is 76.9 Å². The van der Waals surface area contributed by atoms with Gasteiger partial charge in [-0.05, 0) is 37.1 Å². The zero-order valence-corrected chi connectivity index (χ0v) is 16.4. The second-order valence-corrected chi connectivity index (χ2v) is 8.39. The lowest BCUT2D eigenvalue weighted by Crippen LogP contribution is -2.33. The molecule has 0 spiro atoms. The third-order valence-electron chi connectivity index (χ3n) is 4.60. The number of para-hydroxylation sites is 1. The molecule has 1 N–H and O–H groups in total. The molecule has 0 saturated carbocycles. The van der Waals surface area contributed by atoms with Gasteiger partial charge in [0.1, 0.15) is 11.7 Å². The van der Waals surface area contributed by atoms with Crippen LogP contribution in [-0.4, -0.2) is 23.4 Å². The van der Waals surface area contributed by atoms with Crippen molar-refractivity contribution in [1.82, 2.24) is 19.7 Å². The van der Waals surface area contributed by atoms with Crippen LogP contribution in [0.1, 0.15) is 51.6 Å². The summed E-state index contributed by atoms with van der Waals surface area (Å²) in [6, 6.07) is 16.0. The number of fused-ring (bicyclic) bond motifs is 1. The second-order valence-electron chi connectivity index (χ2n) is 6.68. The highest BCUT2D eigenvalue weighted by Gasteiger charge is 2.23. The molecule has 7 heteroatoms. The molecule has 3 rings (SSSR count). The number of sulfonamides is 1. The molecule has 27 heavy (non-hydrogen) atoms. The number of benzene rings is 2. The van der Waals surface area contributed by atoms with Gasteiger partial charge < -0.3 is 0 Å². The first-order valence-corrected chi connectivity index (χ1v) is 11.0. The number of hydrogen-bond acceptors (Lipinski definition) is 4. The zero-order chi connectivity index (χ0) is 19.1. The normalized spacial score (nSPS) is 13.1. The Hall–Kier alpha value is -2.25. The molecule has 144 valence electrons. The first kappa shape index (κ1) is 19.5. The molecule has 0 aliphatic rings. The second kappa shape index (κ2) is 9.10. The molecule has 1 atom stereocenters. The summed E-state index contributed by atoms with van der Waals surface area (Å²) in [5.41, 5.74) is 1.58. The molecule has 0 bridgehead atoms. The van der Waals surface area contributed by atoms with E-state index in [9.17, 15) is 8.42 Å². The molecule has 0 fully saturated rings. The number of unbranched alkanes of at least 4 members (excludes halogenated alkanes) is 4. The van der Waals surface area contributed by atoms with Crippen LogP contribution < -0.4 is 4.72 Å². The van der Waals surface area contributed by atoms with Gasteiger partial charge in [-0.25, -0.2) is 13.1 Å². The van der Waals surface area contributed by atoms with Crippen molar-refractivity contribution in [2.45, 2.75) is 56.5 Å². The van der Waals surface area contributed by atoms with Crippen molar-refractivity contribution in [3.8, 4) is 0 Å². The highest BCUT2D eigenvalue weighted by molar-refractivity contribution is 7.89. The van der Waals surface area contributed by atoms with Crippen molar-refractivity contribution in [3.63, 3.8) is 0 Å². The van der Waals surface area contributed by atoms with Gasteiger partial charge in [-0.3, -0.25) is 0 Å². The van der Waals surface area contributed by atoms with E-state index in [4.69, 9.17) is 0 Å². The monoisotopic (exact) mass is 386 g/mol. The van der Waals surface area contributed by atoms with Gasteiger partial charge in [-0.2, -0.15) is 4.72 Å². The fraction of sp³-hybridized carbons (Fsp3) is 0.400. The third kappa shape index (κ3) is 4.93. The lowest BCUT2D eigenvalue weighted by Gasteiger charge is -2.19. The molecule has 2 aromatic carbocycles.